The number of aryl methyl sites for hydroxylation is 4. The predicted molar refractivity (Wildman–Crippen MR) is 182 cm³/mol. The third kappa shape index (κ3) is 13.7. The van der Waals surface area contributed by atoms with Gasteiger partial charge in [0.05, 0.1) is 14.2 Å². The minimum absolute atomic E-state index is 0. The summed E-state index contributed by atoms with van der Waals surface area (Å²) < 4.78 is 12.8. The van der Waals surface area contributed by atoms with Crippen molar-refractivity contribution in [2.24, 2.45) is 0 Å². The summed E-state index contributed by atoms with van der Waals surface area (Å²) in [4.78, 5) is 0. The molecule has 4 aromatic carbocycles. The third-order valence-electron chi connectivity index (χ3n) is 6.09. The molecule has 6 aromatic rings. The molecule has 0 atom stereocenters. The van der Waals surface area contributed by atoms with Crippen molar-refractivity contribution < 1.29 is 60.2 Å². The summed E-state index contributed by atoms with van der Waals surface area (Å²) in [7, 11) is 3.35. The second kappa shape index (κ2) is 21.9. The van der Waals surface area contributed by atoms with E-state index >= 15 is 0 Å². The van der Waals surface area contributed by atoms with Gasteiger partial charge in [-0.15, -0.1) is 40.8 Å². The minimum Gasteiger partial charge on any atom is -0.497 e. The second-order valence-electron chi connectivity index (χ2n) is 9.68. The van der Waals surface area contributed by atoms with Crippen molar-refractivity contribution in [1.29, 1.82) is 0 Å². The van der Waals surface area contributed by atoms with E-state index in [2.05, 4.69) is 72.0 Å². The fourth-order valence-electron chi connectivity index (χ4n) is 3.59. The summed E-state index contributed by atoms with van der Waals surface area (Å²) >= 11 is -0.205. The maximum atomic E-state index is 5.18. The number of ether oxygens (including phenoxy) is 2. The molecule has 0 N–H and O–H groups in total. The Labute approximate surface area is 316 Å². The van der Waals surface area contributed by atoms with Crippen molar-refractivity contribution in [1.82, 2.24) is 40.8 Å². The molecule has 12 heteroatoms. The molecule has 2 heterocycles. The Kier molecular flexibility index (Phi) is 19.2. The van der Waals surface area contributed by atoms with Crippen molar-refractivity contribution in [2.75, 3.05) is 14.2 Å². The molecule has 10 nitrogen and oxygen atoms in total. The van der Waals surface area contributed by atoms with Gasteiger partial charge in [0.2, 0.25) is 11.6 Å². The van der Waals surface area contributed by atoms with E-state index in [1.807, 2.05) is 79.7 Å². The van der Waals surface area contributed by atoms with Gasteiger partial charge in [-0.05, 0) is 88.4 Å². The zero-order valence-corrected chi connectivity index (χ0v) is 32.2. The van der Waals surface area contributed by atoms with Crippen LogP contribution in [0.25, 0.3) is 22.8 Å². The van der Waals surface area contributed by atoms with Gasteiger partial charge in [0.25, 0.3) is 0 Å². The Morgan fingerprint density at radius 1 is 0.438 bits per heavy atom. The Morgan fingerprint density at radius 2 is 0.729 bits per heavy atom. The molecule has 0 fully saturated rings. The van der Waals surface area contributed by atoms with Crippen LogP contribution in [-0.2, 0) is 0 Å². The second-order valence-corrected chi connectivity index (χ2v) is 12.7. The smallest absolute Gasteiger partial charge is 0.497 e. The molecular formula is C36H41IN8NaO2+. The molecule has 0 aliphatic carbocycles. The van der Waals surface area contributed by atoms with E-state index in [0.29, 0.717) is 23.3 Å². The van der Waals surface area contributed by atoms with Gasteiger partial charge in [-0.3, -0.25) is 0 Å². The standard InChI is InChI=1S/C16H14IN4O.C10H10N4.C8H10O.CH4.CH3.Na/c1-11-18-20-16(21-19-11)12-3-5-13(6-4-12)17-14-7-9-15(22-2)10-8-14;1-7-3-5-9(6-4-7)10-13-11-8(2)12-14-10;1-7-3-5-8(9-2)6-4-7;;;/h3-10H,1-2H3;3-6H,1-2H3;3-6H,1-2H3;1H4;1H3;/q+1;;;;-1;+1. The molecule has 0 saturated heterocycles. The van der Waals surface area contributed by atoms with Gasteiger partial charge >= 0.3 is 50.8 Å². The normalized spacial score (nSPS) is 9.46. The Balaban J connectivity index is 0.000000383. The molecule has 244 valence electrons. The maximum absolute atomic E-state index is 5.18. The van der Waals surface area contributed by atoms with Crippen LogP contribution in [0.2, 0.25) is 0 Å². The first-order valence-electron chi connectivity index (χ1n) is 14.0. The van der Waals surface area contributed by atoms with Gasteiger partial charge in [0.1, 0.15) is 11.5 Å². The average molecular weight is 768 g/mol. The van der Waals surface area contributed by atoms with Gasteiger partial charge in [-0.1, -0.05) is 55.0 Å². The first-order chi connectivity index (χ1) is 21.8. The van der Waals surface area contributed by atoms with E-state index in [0.717, 1.165) is 22.6 Å². The van der Waals surface area contributed by atoms with Crippen LogP contribution in [0, 0.1) is 42.3 Å². The van der Waals surface area contributed by atoms with Gasteiger partial charge in [0.15, 0.2) is 18.8 Å². The van der Waals surface area contributed by atoms with Crippen LogP contribution in [0.15, 0.2) is 97.1 Å². The van der Waals surface area contributed by atoms with Crippen LogP contribution >= 0.6 is 0 Å². The number of aromatic nitrogens is 8. The number of hydrogen-bond acceptors (Lipinski definition) is 10. The molecule has 0 radical (unpaired) electrons. The van der Waals surface area contributed by atoms with E-state index in [1.165, 1.54) is 18.3 Å². The number of nitrogens with zero attached hydrogens (tertiary/aromatic N) is 8. The molecule has 0 spiro atoms. The Morgan fingerprint density at radius 3 is 1.08 bits per heavy atom. The first kappa shape index (κ1) is 42.1. The molecule has 0 aliphatic rings. The molecule has 0 bridgehead atoms. The van der Waals surface area contributed by atoms with Crippen LogP contribution in [0.4, 0.5) is 0 Å². The maximum Gasteiger partial charge on any atom is 1.00 e. The van der Waals surface area contributed by atoms with Crippen LogP contribution in [0.3, 0.4) is 0 Å². The van der Waals surface area contributed by atoms with Crippen LogP contribution in [0.1, 0.15) is 30.2 Å². The molecular weight excluding hydrogens is 726 g/mol. The van der Waals surface area contributed by atoms with Crippen molar-refractivity contribution in [3.05, 3.63) is 134 Å². The van der Waals surface area contributed by atoms with Crippen molar-refractivity contribution in [3.8, 4) is 34.3 Å². The summed E-state index contributed by atoms with van der Waals surface area (Å²) in [5.41, 5.74) is 4.34. The quantitative estimate of drug-likeness (QED) is 0.138. The summed E-state index contributed by atoms with van der Waals surface area (Å²) in [5, 5.41) is 31.6. The molecule has 0 unspecified atom stereocenters. The summed E-state index contributed by atoms with van der Waals surface area (Å²) in [6.07, 6.45) is 0. The number of benzene rings is 4. The molecule has 48 heavy (non-hydrogen) atoms. The molecule has 6 rings (SSSR count). The van der Waals surface area contributed by atoms with E-state index in [4.69, 9.17) is 9.47 Å². The molecule has 2 aromatic heterocycles. The zero-order valence-electron chi connectivity index (χ0n) is 28.0. The Hall–Kier alpha value is -3.91. The number of methoxy groups -OCH3 is 2. The fourth-order valence-corrected chi connectivity index (χ4v) is 5.75. The van der Waals surface area contributed by atoms with Gasteiger partial charge < -0.3 is 16.9 Å². The molecule has 0 aliphatic heterocycles. The largest absolute Gasteiger partial charge is 1.00 e. The van der Waals surface area contributed by atoms with Gasteiger partial charge in [0, 0.05) is 11.1 Å². The van der Waals surface area contributed by atoms with Crippen molar-refractivity contribution >= 4 is 0 Å². The molecule has 0 saturated carbocycles. The van der Waals surface area contributed by atoms with Crippen molar-refractivity contribution in [2.45, 2.75) is 35.1 Å². The van der Waals surface area contributed by atoms with Crippen LogP contribution in [-0.4, -0.2) is 55.0 Å². The number of hydrogen-bond donors (Lipinski definition) is 0. The minimum atomic E-state index is -0.205. The zero-order chi connectivity index (χ0) is 32.0. The van der Waals surface area contributed by atoms with E-state index in [1.54, 1.807) is 28.1 Å². The first-order valence-corrected chi connectivity index (χ1v) is 16.1. The Bertz CT molecular complexity index is 1700. The topological polar surface area (TPSA) is 122 Å². The van der Waals surface area contributed by atoms with Gasteiger partial charge in [-0.2, -0.15) is 0 Å². The van der Waals surface area contributed by atoms with Crippen LogP contribution in [0.5, 0.6) is 11.5 Å². The van der Waals surface area contributed by atoms with Crippen LogP contribution < -0.4 is 60.2 Å². The van der Waals surface area contributed by atoms with E-state index < -0.39 is 0 Å². The van der Waals surface area contributed by atoms with E-state index in [-0.39, 0.29) is 65.6 Å². The number of halogens is 1. The summed E-state index contributed by atoms with van der Waals surface area (Å²) in [6, 6.07) is 32.4. The number of rotatable bonds is 6. The average Bonchev–Trinajstić information content (AvgIpc) is 3.08. The SMILES string of the molecule is C.COc1ccc(C)cc1.COc1ccc([I+]c2ccc(-c3nnc(C)nn3)cc2)cc1.Cc1ccc(-c2nnc(C)nn2)cc1.[CH3-].[Na+]. The van der Waals surface area contributed by atoms with E-state index in [9.17, 15) is 0 Å². The van der Waals surface area contributed by atoms with Crippen molar-refractivity contribution in [3.63, 3.8) is 0 Å². The summed E-state index contributed by atoms with van der Waals surface area (Å²) in [6.45, 7) is 7.63. The molecule has 0 amide bonds. The summed E-state index contributed by atoms with van der Waals surface area (Å²) in [5.74, 6) is 4.09. The van der Waals surface area contributed by atoms with Gasteiger partial charge in [-0.25, -0.2) is 0 Å². The predicted octanol–water partition coefficient (Wildman–Crippen LogP) is 1.02. The third-order valence-corrected chi connectivity index (χ3v) is 8.78. The monoisotopic (exact) mass is 767 g/mol. The fraction of sp³-hybridized carbons (Fsp3) is 0.194.